The van der Waals surface area contributed by atoms with Gasteiger partial charge in [0.25, 0.3) is 0 Å². The molecule has 168 valence electrons. The molecular formula is C20H25F3N6O2. The molecule has 0 saturated heterocycles. The van der Waals surface area contributed by atoms with Crippen LogP contribution in [0.25, 0.3) is 11.0 Å². The smallest absolute Gasteiger partial charge is 0.421 e. The number of aromatic nitrogens is 4. The average molecular weight is 438 g/mol. The van der Waals surface area contributed by atoms with Gasteiger partial charge in [-0.05, 0) is 25.0 Å². The third-order valence-electron chi connectivity index (χ3n) is 5.05. The third kappa shape index (κ3) is 4.50. The fraction of sp³-hybridized carbons (Fsp3) is 0.450. The molecule has 2 aromatic heterocycles. The summed E-state index contributed by atoms with van der Waals surface area (Å²) in [5.41, 5.74) is 4.22. The van der Waals surface area contributed by atoms with E-state index in [2.05, 4.69) is 27.3 Å². The number of aliphatic hydroxyl groups is 1. The maximum Gasteiger partial charge on any atom is 0.421 e. The molecule has 1 atom stereocenters. The molecule has 0 spiro atoms. The number of halogens is 3. The van der Waals surface area contributed by atoms with Crippen molar-refractivity contribution >= 4 is 22.8 Å². The van der Waals surface area contributed by atoms with Gasteiger partial charge in [0.05, 0.1) is 19.9 Å². The van der Waals surface area contributed by atoms with Crippen molar-refractivity contribution in [2.45, 2.75) is 45.0 Å². The number of methoxy groups -OCH3 is 1. The Bertz CT molecular complexity index is 1060. The second kappa shape index (κ2) is 8.58. The third-order valence-corrected chi connectivity index (χ3v) is 5.05. The van der Waals surface area contributed by atoms with Crippen LogP contribution in [0.4, 0.5) is 24.9 Å². The number of nitrogens with two attached hydrogens (primary N) is 1. The van der Waals surface area contributed by atoms with Gasteiger partial charge in [-0.15, -0.1) is 0 Å². The molecular weight excluding hydrogens is 413 g/mol. The summed E-state index contributed by atoms with van der Waals surface area (Å²) < 4.78 is 46.5. The number of hydrogen-bond donors (Lipinski definition) is 3. The van der Waals surface area contributed by atoms with Gasteiger partial charge in [-0.25, -0.2) is 4.98 Å². The standard InChI is InChI=1S/C20H25F3N6O2/c1-4-5-8-25-17-16-14(27-18(24)28-17)10-26-29(16)11-12-6-7-13(9-15(12)31-3)19(2,30)20(21,22)23/h6-7,9-10,30H,4-5,8,11H2,1-3H3,(H3,24,25,27,28). The van der Waals surface area contributed by atoms with Gasteiger partial charge >= 0.3 is 6.18 Å². The van der Waals surface area contributed by atoms with Crippen molar-refractivity contribution in [2.24, 2.45) is 0 Å². The summed E-state index contributed by atoms with van der Waals surface area (Å²) >= 11 is 0. The van der Waals surface area contributed by atoms with E-state index in [9.17, 15) is 18.3 Å². The van der Waals surface area contributed by atoms with E-state index in [0.29, 0.717) is 35.9 Å². The maximum atomic E-state index is 13.2. The van der Waals surface area contributed by atoms with E-state index >= 15 is 0 Å². The Morgan fingerprint density at radius 3 is 2.65 bits per heavy atom. The van der Waals surface area contributed by atoms with Crippen molar-refractivity contribution in [3.05, 3.63) is 35.5 Å². The quantitative estimate of drug-likeness (QED) is 0.462. The highest BCUT2D eigenvalue weighted by atomic mass is 19.4. The van der Waals surface area contributed by atoms with Crippen LogP contribution >= 0.6 is 0 Å². The van der Waals surface area contributed by atoms with Crippen LogP contribution in [0, 0.1) is 0 Å². The zero-order valence-electron chi connectivity index (χ0n) is 17.5. The highest BCUT2D eigenvalue weighted by Gasteiger charge is 2.51. The maximum absolute atomic E-state index is 13.2. The molecule has 0 saturated carbocycles. The van der Waals surface area contributed by atoms with E-state index in [1.165, 1.54) is 25.3 Å². The molecule has 0 amide bonds. The van der Waals surface area contributed by atoms with Crippen molar-refractivity contribution in [2.75, 3.05) is 24.7 Å². The molecule has 3 aromatic rings. The van der Waals surface area contributed by atoms with Crippen LogP contribution in [0.2, 0.25) is 0 Å². The van der Waals surface area contributed by atoms with Crippen molar-refractivity contribution in [1.29, 1.82) is 0 Å². The summed E-state index contributed by atoms with van der Waals surface area (Å²) in [4.78, 5) is 8.47. The molecule has 4 N–H and O–H groups in total. The van der Waals surface area contributed by atoms with Crippen LogP contribution in [0.5, 0.6) is 5.75 Å². The second-order valence-electron chi connectivity index (χ2n) is 7.34. The molecule has 8 nitrogen and oxygen atoms in total. The van der Waals surface area contributed by atoms with E-state index in [1.54, 1.807) is 10.9 Å². The summed E-state index contributed by atoms with van der Waals surface area (Å²) in [6.45, 7) is 3.66. The molecule has 3 rings (SSSR count). The topological polar surface area (TPSA) is 111 Å². The number of nitrogens with zero attached hydrogens (tertiary/aromatic N) is 4. The van der Waals surface area contributed by atoms with E-state index in [1.807, 2.05) is 0 Å². The molecule has 2 heterocycles. The number of benzene rings is 1. The lowest BCUT2D eigenvalue weighted by Gasteiger charge is -2.27. The van der Waals surface area contributed by atoms with E-state index in [-0.39, 0.29) is 23.8 Å². The van der Waals surface area contributed by atoms with Crippen LogP contribution in [0.3, 0.4) is 0 Å². The van der Waals surface area contributed by atoms with Gasteiger partial charge in [0.2, 0.25) is 5.95 Å². The molecule has 0 fully saturated rings. The summed E-state index contributed by atoms with van der Waals surface area (Å²) in [7, 11) is 1.35. The van der Waals surface area contributed by atoms with Crippen molar-refractivity contribution in [1.82, 2.24) is 19.7 Å². The van der Waals surface area contributed by atoms with Crippen molar-refractivity contribution < 1.29 is 23.0 Å². The fourth-order valence-electron chi connectivity index (χ4n) is 3.15. The number of fused-ring (bicyclic) bond motifs is 1. The summed E-state index contributed by atoms with van der Waals surface area (Å²) in [5.74, 6) is 0.842. The first-order valence-electron chi connectivity index (χ1n) is 9.77. The molecule has 0 aliphatic rings. The van der Waals surface area contributed by atoms with Gasteiger partial charge < -0.3 is 20.9 Å². The van der Waals surface area contributed by atoms with E-state index in [4.69, 9.17) is 10.5 Å². The lowest BCUT2D eigenvalue weighted by Crippen LogP contribution is -2.39. The number of rotatable bonds is 8. The minimum Gasteiger partial charge on any atom is -0.496 e. The Balaban J connectivity index is 1.99. The Morgan fingerprint density at radius 2 is 2.00 bits per heavy atom. The number of anilines is 2. The van der Waals surface area contributed by atoms with E-state index < -0.39 is 11.8 Å². The first-order valence-corrected chi connectivity index (χ1v) is 9.77. The summed E-state index contributed by atoms with van der Waals surface area (Å²) in [6.07, 6.45) is -1.34. The summed E-state index contributed by atoms with van der Waals surface area (Å²) in [5, 5.41) is 17.5. The van der Waals surface area contributed by atoms with Crippen LogP contribution in [-0.4, -0.2) is 44.7 Å². The predicted octanol–water partition coefficient (Wildman–Crippen LogP) is 3.45. The fourth-order valence-corrected chi connectivity index (χ4v) is 3.15. The minimum absolute atomic E-state index is 0.113. The first kappa shape index (κ1) is 22.6. The first-order chi connectivity index (χ1) is 14.6. The largest absolute Gasteiger partial charge is 0.496 e. The molecule has 1 unspecified atom stereocenters. The lowest BCUT2D eigenvalue weighted by molar-refractivity contribution is -0.258. The van der Waals surface area contributed by atoms with Gasteiger partial charge in [-0.1, -0.05) is 25.5 Å². The molecule has 31 heavy (non-hydrogen) atoms. The second-order valence-corrected chi connectivity index (χ2v) is 7.34. The zero-order valence-corrected chi connectivity index (χ0v) is 17.5. The van der Waals surface area contributed by atoms with Crippen molar-refractivity contribution in [3.63, 3.8) is 0 Å². The number of hydrogen-bond acceptors (Lipinski definition) is 7. The number of unbranched alkanes of at least 4 members (excludes halogenated alkanes) is 1. The number of nitrogen functional groups attached to an aromatic ring is 1. The minimum atomic E-state index is -4.83. The lowest BCUT2D eigenvalue weighted by atomic mass is 9.94. The van der Waals surface area contributed by atoms with Gasteiger partial charge in [0.1, 0.15) is 16.8 Å². The SMILES string of the molecule is CCCCNc1nc(N)nc2cnn(Cc3ccc(C(C)(O)C(F)(F)F)cc3OC)c12. The Hall–Kier alpha value is -3.08. The molecule has 0 radical (unpaired) electrons. The Labute approximate surface area is 177 Å². The van der Waals surface area contributed by atoms with Crippen LogP contribution < -0.4 is 15.8 Å². The predicted molar refractivity (Wildman–Crippen MR) is 111 cm³/mol. The molecule has 11 heteroatoms. The Morgan fingerprint density at radius 1 is 1.26 bits per heavy atom. The average Bonchev–Trinajstić information content (AvgIpc) is 3.10. The summed E-state index contributed by atoms with van der Waals surface area (Å²) in [6, 6.07) is 3.89. The highest BCUT2D eigenvalue weighted by molar-refractivity contribution is 5.86. The molecule has 0 aliphatic heterocycles. The normalized spacial score (nSPS) is 13.9. The van der Waals surface area contributed by atoms with E-state index in [0.717, 1.165) is 12.8 Å². The molecule has 1 aromatic carbocycles. The van der Waals surface area contributed by atoms with Gasteiger partial charge in [0.15, 0.2) is 11.4 Å². The molecule has 0 bridgehead atoms. The number of nitrogens with one attached hydrogen (secondary N) is 1. The molecule has 0 aliphatic carbocycles. The van der Waals surface area contributed by atoms with Crippen LogP contribution in [0.15, 0.2) is 24.4 Å². The van der Waals surface area contributed by atoms with Gasteiger partial charge in [0, 0.05) is 12.1 Å². The van der Waals surface area contributed by atoms with Crippen LogP contribution in [-0.2, 0) is 12.1 Å². The van der Waals surface area contributed by atoms with Crippen LogP contribution in [0.1, 0.15) is 37.8 Å². The highest BCUT2D eigenvalue weighted by Crippen LogP contribution is 2.40. The number of ether oxygens (including phenoxy) is 1. The number of alkyl halides is 3. The van der Waals surface area contributed by atoms with Gasteiger partial charge in [-0.2, -0.15) is 23.3 Å². The van der Waals surface area contributed by atoms with Crippen molar-refractivity contribution in [3.8, 4) is 5.75 Å². The zero-order chi connectivity index (χ0) is 22.8. The van der Waals surface area contributed by atoms with Gasteiger partial charge in [-0.3, -0.25) is 4.68 Å². The Kier molecular flexibility index (Phi) is 6.25. The monoisotopic (exact) mass is 438 g/mol.